The maximum atomic E-state index is 4.73. The Bertz CT molecular complexity index is 845. The second-order valence-electron chi connectivity index (χ2n) is 13.7. The zero-order chi connectivity index (χ0) is 24.2. The van der Waals surface area contributed by atoms with E-state index in [1.807, 2.05) is 11.8 Å². The van der Waals surface area contributed by atoms with Crippen LogP contribution in [0.5, 0.6) is 0 Å². The summed E-state index contributed by atoms with van der Waals surface area (Å²) in [5.74, 6) is 3.55. The SMILES string of the molecule is C=C(CN(N=CC(C)C)C(=C)C)[C@H]1CC[C@H]2[C@@H]3CC[C@@H]4CC(C)(C)CC[C@]4(C)C3=CC[C@]12C. The Hall–Kier alpha value is -1.31. The van der Waals surface area contributed by atoms with Gasteiger partial charge in [0.15, 0.2) is 0 Å². The molecular weight excluding hydrogens is 400 g/mol. The maximum absolute atomic E-state index is 4.73. The summed E-state index contributed by atoms with van der Waals surface area (Å²) in [5.41, 5.74) is 5.57. The summed E-state index contributed by atoms with van der Waals surface area (Å²) in [7, 11) is 0. The smallest absolute Gasteiger partial charge is 0.0622 e. The second kappa shape index (κ2) is 8.72. The highest BCUT2D eigenvalue weighted by Gasteiger charge is 2.58. The van der Waals surface area contributed by atoms with Crippen LogP contribution in [0.4, 0.5) is 0 Å². The summed E-state index contributed by atoms with van der Waals surface area (Å²) < 4.78 is 0. The van der Waals surface area contributed by atoms with E-state index in [1.165, 1.54) is 56.9 Å². The third kappa shape index (κ3) is 4.41. The van der Waals surface area contributed by atoms with Gasteiger partial charge in [-0.05, 0) is 104 Å². The lowest BCUT2D eigenvalue weighted by atomic mass is 9.46. The summed E-state index contributed by atoms with van der Waals surface area (Å²) in [6, 6.07) is 0. The standard InChI is InChI=1S/C31H50N2/c1-21(2)19-32-33(22(3)4)20-23(5)26-12-13-27-25-11-10-24-18-29(6,7)16-17-30(24,8)28(25)14-15-31(26,27)9/h14,19,21,24-27H,3,5,10-13,15-18,20H2,1-2,4,6-9H3/t24-,25+,26-,27+,30+,31-/m1/s1. The van der Waals surface area contributed by atoms with Crippen LogP contribution in [0.1, 0.15) is 99.8 Å². The average molecular weight is 451 g/mol. The molecule has 0 saturated heterocycles. The molecule has 4 aliphatic carbocycles. The number of allylic oxidation sites excluding steroid dienone is 3. The number of nitrogens with zero attached hydrogens (tertiary/aromatic N) is 2. The monoisotopic (exact) mass is 450 g/mol. The Balaban J connectivity index is 1.54. The molecule has 4 aliphatic rings. The molecule has 0 spiro atoms. The van der Waals surface area contributed by atoms with Crippen LogP contribution in [0.25, 0.3) is 0 Å². The molecule has 2 nitrogen and oxygen atoms in total. The van der Waals surface area contributed by atoms with Gasteiger partial charge in [-0.25, -0.2) is 0 Å². The third-order valence-corrected chi connectivity index (χ3v) is 10.4. The summed E-state index contributed by atoms with van der Waals surface area (Å²) in [5, 5.41) is 6.80. The quantitative estimate of drug-likeness (QED) is 0.225. The van der Waals surface area contributed by atoms with Gasteiger partial charge in [0.05, 0.1) is 6.54 Å². The van der Waals surface area contributed by atoms with Crippen molar-refractivity contribution in [2.75, 3.05) is 6.54 Å². The number of hydrogen-bond acceptors (Lipinski definition) is 2. The maximum Gasteiger partial charge on any atom is 0.0622 e. The van der Waals surface area contributed by atoms with Crippen molar-refractivity contribution in [2.24, 2.45) is 50.9 Å². The molecule has 33 heavy (non-hydrogen) atoms. The van der Waals surface area contributed by atoms with Crippen LogP contribution in [0, 0.1) is 45.8 Å². The minimum absolute atomic E-state index is 0.352. The normalized spacial score (nSPS) is 39.6. The predicted molar refractivity (Wildman–Crippen MR) is 143 cm³/mol. The average Bonchev–Trinajstić information content (AvgIpc) is 3.08. The van der Waals surface area contributed by atoms with E-state index in [0.717, 1.165) is 30.0 Å². The summed E-state index contributed by atoms with van der Waals surface area (Å²) in [6.45, 7) is 26.3. The molecule has 3 fully saturated rings. The number of fused-ring (bicyclic) bond motifs is 5. The molecular formula is C31H50N2. The molecule has 0 N–H and O–H groups in total. The Morgan fingerprint density at radius 3 is 2.52 bits per heavy atom. The Morgan fingerprint density at radius 2 is 1.85 bits per heavy atom. The van der Waals surface area contributed by atoms with E-state index in [9.17, 15) is 0 Å². The van der Waals surface area contributed by atoms with E-state index in [-0.39, 0.29) is 0 Å². The van der Waals surface area contributed by atoms with Crippen molar-refractivity contribution in [1.29, 1.82) is 0 Å². The molecule has 0 aliphatic heterocycles. The first-order valence-electron chi connectivity index (χ1n) is 13.7. The van der Waals surface area contributed by atoms with Gasteiger partial charge in [0.25, 0.3) is 0 Å². The zero-order valence-electron chi connectivity index (χ0n) is 22.7. The Kier molecular flexibility index (Phi) is 6.56. The molecule has 0 aromatic rings. The van der Waals surface area contributed by atoms with Gasteiger partial charge < -0.3 is 0 Å². The Labute approximate surface area is 204 Å². The third-order valence-electron chi connectivity index (χ3n) is 10.4. The molecule has 3 saturated carbocycles. The van der Waals surface area contributed by atoms with Crippen LogP contribution in [0.3, 0.4) is 0 Å². The number of rotatable bonds is 6. The molecule has 0 unspecified atom stereocenters. The summed E-state index contributed by atoms with van der Waals surface area (Å²) in [4.78, 5) is 0. The van der Waals surface area contributed by atoms with E-state index >= 15 is 0 Å². The molecule has 6 atom stereocenters. The van der Waals surface area contributed by atoms with Crippen molar-refractivity contribution >= 4 is 6.21 Å². The fraction of sp³-hybridized carbons (Fsp3) is 0.774. The summed E-state index contributed by atoms with van der Waals surface area (Å²) >= 11 is 0. The van der Waals surface area contributed by atoms with E-state index in [2.05, 4.69) is 72.7 Å². The predicted octanol–water partition coefficient (Wildman–Crippen LogP) is 8.63. The van der Waals surface area contributed by atoms with Crippen LogP contribution < -0.4 is 0 Å². The largest absolute Gasteiger partial charge is 0.267 e. The minimum atomic E-state index is 0.352. The molecule has 0 bridgehead atoms. The highest BCUT2D eigenvalue weighted by atomic mass is 15.4. The Morgan fingerprint density at radius 1 is 1.12 bits per heavy atom. The highest BCUT2D eigenvalue weighted by molar-refractivity contribution is 5.59. The van der Waals surface area contributed by atoms with Crippen molar-refractivity contribution < 1.29 is 0 Å². The van der Waals surface area contributed by atoms with Crippen LogP contribution in [-0.2, 0) is 0 Å². The fourth-order valence-electron chi connectivity index (χ4n) is 8.37. The lowest BCUT2D eigenvalue weighted by molar-refractivity contribution is -0.000619. The van der Waals surface area contributed by atoms with E-state index in [0.29, 0.717) is 28.1 Å². The van der Waals surface area contributed by atoms with E-state index < -0.39 is 0 Å². The molecule has 0 heterocycles. The molecule has 4 rings (SSSR count). The van der Waals surface area contributed by atoms with Crippen molar-refractivity contribution in [3.63, 3.8) is 0 Å². The van der Waals surface area contributed by atoms with Crippen LogP contribution in [0.15, 0.2) is 41.2 Å². The zero-order valence-corrected chi connectivity index (χ0v) is 22.7. The molecule has 184 valence electrons. The van der Waals surface area contributed by atoms with Crippen LogP contribution in [-0.4, -0.2) is 17.8 Å². The fourth-order valence-corrected chi connectivity index (χ4v) is 8.37. The molecule has 0 aromatic carbocycles. The van der Waals surface area contributed by atoms with Gasteiger partial charge in [-0.15, -0.1) is 0 Å². The van der Waals surface area contributed by atoms with Gasteiger partial charge >= 0.3 is 0 Å². The molecule has 0 aromatic heterocycles. The lowest BCUT2D eigenvalue weighted by Gasteiger charge is -2.58. The van der Waals surface area contributed by atoms with Gasteiger partial charge in [-0.1, -0.05) is 71.9 Å². The van der Waals surface area contributed by atoms with E-state index in [1.54, 1.807) is 0 Å². The first-order valence-corrected chi connectivity index (χ1v) is 13.7. The second-order valence-corrected chi connectivity index (χ2v) is 13.7. The summed E-state index contributed by atoms with van der Waals surface area (Å²) in [6.07, 6.45) is 15.7. The van der Waals surface area contributed by atoms with E-state index in [4.69, 9.17) is 5.10 Å². The first kappa shape index (κ1) is 24.8. The number of hydrogen-bond donors (Lipinski definition) is 0. The lowest BCUT2D eigenvalue weighted by Crippen LogP contribution is -2.49. The molecule has 2 heteroatoms. The van der Waals surface area contributed by atoms with Crippen molar-refractivity contribution in [1.82, 2.24) is 5.01 Å². The molecule has 0 amide bonds. The molecule has 0 radical (unpaired) electrons. The minimum Gasteiger partial charge on any atom is -0.267 e. The highest BCUT2D eigenvalue weighted by Crippen LogP contribution is 2.67. The van der Waals surface area contributed by atoms with Gasteiger partial charge in [0, 0.05) is 11.9 Å². The number of hydrazone groups is 1. The van der Waals surface area contributed by atoms with Gasteiger partial charge in [0.1, 0.15) is 0 Å². The van der Waals surface area contributed by atoms with Gasteiger partial charge in [-0.2, -0.15) is 5.10 Å². The first-order chi connectivity index (χ1) is 15.4. The van der Waals surface area contributed by atoms with Crippen LogP contribution >= 0.6 is 0 Å². The van der Waals surface area contributed by atoms with Crippen molar-refractivity contribution in [2.45, 2.75) is 99.8 Å². The van der Waals surface area contributed by atoms with Gasteiger partial charge in [0.2, 0.25) is 0 Å². The van der Waals surface area contributed by atoms with Crippen molar-refractivity contribution in [3.8, 4) is 0 Å². The topological polar surface area (TPSA) is 15.6 Å². The van der Waals surface area contributed by atoms with Crippen molar-refractivity contribution in [3.05, 3.63) is 36.1 Å². The van der Waals surface area contributed by atoms with Crippen LogP contribution in [0.2, 0.25) is 0 Å². The van der Waals surface area contributed by atoms with Gasteiger partial charge in [-0.3, -0.25) is 5.01 Å².